The highest BCUT2D eigenvalue weighted by Crippen LogP contribution is 2.49. The van der Waals surface area contributed by atoms with Gasteiger partial charge in [0.25, 0.3) is 5.91 Å². The zero-order valence-corrected chi connectivity index (χ0v) is 16.5. The molecular weight excluding hydrogens is 358 g/mol. The second-order valence-electron chi connectivity index (χ2n) is 8.04. The molecule has 0 saturated carbocycles. The van der Waals surface area contributed by atoms with Crippen molar-refractivity contribution in [1.29, 1.82) is 0 Å². The molecular formula is C21H27N3O4. The lowest BCUT2D eigenvalue weighted by molar-refractivity contribution is -0.133. The van der Waals surface area contributed by atoms with Gasteiger partial charge in [0, 0.05) is 37.6 Å². The fourth-order valence-electron chi connectivity index (χ4n) is 4.16. The predicted octanol–water partition coefficient (Wildman–Crippen LogP) is 2.99. The van der Waals surface area contributed by atoms with Gasteiger partial charge in [-0.2, -0.15) is 0 Å². The molecule has 0 bridgehead atoms. The number of para-hydroxylation sites is 1. The van der Waals surface area contributed by atoms with E-state index in [0.717, 1.165) is 12.8 Å². The third kappa shape index (κ3) is 3.76. The van der Waals surface area contributed by atoms with Crippen LogP contribution in [0.5, 0.6) is 5.75 Å². The molecule has 2 saturated heterocycles. The van der Waals surface area contributed by atoms with E-state index in [0.29, 0.717) is 43.8 Å². The van der Waals surface area contributed by atoms with Crippen LogP contribution in [-0.4, -0.2) is 53.9 Å². The number of rotatable bonds is 5. The molecule has 2 aromatic rings. The summed E-state index contributed by atoms with van der Waals surface area (Å²) in [5.41, 5.74) is -0.0680. The van der Waals surface area contributed by atoms with Gasteiger partial charge < -0.3 is 18.8 Å². The molecule has 1 aromatic heterocycles. The van der Waals surface area contributed by atoms with Gasteiger partial charge in [0.1, 0.15) is 5.75 Å². The van der Waals surface area contributed by atoms with Crippen LogP contribution < -0.4 is 4.74 Å². The highest BCUT2D eigenvalue weighted by molar-refractivity contribution is 5.78. The van der Waals surface area contributed by atoms with Gasteiger partial charge in [0.2, 0.25) is 11.8 Å². The molecule has 2 aliphatic rings. The van der Waals surface area contributed by atoms with Crippen molar-refractivity contribution < 1.29 is 18.7 Å². The van der Waals surface area contributed by atoms with Crippen LogP contribution in [0.1, 0.15) is 50.3 Å². The molecule has 0 N–H and O–H groups in total. The summed E-state index contributed by atoms with van der Waals surface area (Å²) < 4.78 is 17.2. The largest absolute Gasteiger partial charge is 0.484 e. The number of amides is 1. The standard InChI is InChI=1S/C21H27N3O4/c1-15(2)19-22-23-20(28-19)17-12-24(14-21(17)8-10-26-11-9-21)18(25)13-27-16-6-4-3-5-7-16/h3-7,15,17H,8-14H2,1-2H3. The number of nitrogens with zero attached hydrogens (tertiary/aromatic N) is 3. The van der Waals surface area contributed by atoms with Gasteiger partial charge in [0.05, 0.1) is 5.92 Å². The van der Waals surface area contributed by atoms with Crippen LogP contribution in [-0.2, 0) is 9.53 Å². The molecule has 7 nitrogen and oxygen atoms in total. The van der Waals surface area contributed by atoms with Crippen LogP contribution in [0.15, 0.2) is 34.7 Å². The van der Waals surface area contributed by atoms with Crippen molar-refractivity contribution in [2.24, 2.45) is 5.41 Å². The lowest BCUT2D eigenvalue weighted by Gasteiger charge is -2.36. The van der Waals surface area contributed by atoms with Crippen molar-refractivity contribution in [3.05, 3.63) is 42.1 Å². The van der Waals surface area contributed by atoms with E-state index < -0.39 is 0 Å². The fraction of sp³-hybridized carbons (Fsp3) is 0.571. The first kappa shape index (κ1) is 18.9. The summed E-state index contributed by atoms with van der Waals surface area (Å²) in [6.45, 7) is 6.76. The Morgan fingerprint density at radius 1 is 1.25 bits per heavy atom. The minimum atomic E-state index is -0.0680. The second-order valence-corrected chi connectivity index (χ2v) is 8.04. The number of carbonyl (C=O) groups is 1. The molecule has 1 atom stereocenters. The van der Waals surface area contributed by atoms with E-state index >= 15 is 0 Å². The van der Waals surface area contributed by atoms with E-state index in [2.05, 4.69) is 10.2 Å². The molecule has 1 spiro atoms. The maximum absolute atomic E-state index is 12.8. The van der Waals surface area contributed by atoms with Crippen molar-refractivity contribution in [2.45, 2.75) is 38.5 Å². The Labute approximate surface area is 165 Å². The Morgan fingerprint density at radius 2 is 2.00 bits per heavy atom. The third-order valence-corrected chi connectivity index (χ3v) is 5.84. The Kier molecular flexibility index (Phi) is 5.35. The van der Waals surface area contributed by atoms with E-state index in [-0.39, 0.29) is 29.8 Å². The van der Waals surface area contributed by atoms with Crippen LogP contribution in [0.2, 0.25) is 0 Å². The molecule has 4 rings (SSSR count). The Morgan fingerprint density at radius 3 is 2.68 bits per heavy atom. The van der Waals surface area contributed by atoms with Crippen LogP contribution in [0.3, 0.4) is 0 Å². The Bertz CT molecular complexity index is 799. The smallest absolute Gasteiger partial charge is 0.260 e. The zero-order valence-electron chi connectivity index (χ0n) is 16.5. The highest BCUT2D eigenvalue weighted by atomic mass is 16.5. The summed E-state index contributed by atoms with van der Waals surface area (Å²) in [6.07, 6.45) is 1.78. The fourth-order valence-corrected chi connectivity index (χ4v) is 4.16. The molecule has 7 heteroatoms. The monoisotopic (exact) mass is 385 g/mol. The maximum Gasteiger partial charge on any atom is 0.260 e. The molecule has 0 radical (unpaired) electrons. The van der Waals surface area contributed by atoms with Crippen molar-refractivity contribution in [1.82, 2.24) is 15.1 Å². The minimum Gasteiger partial charge on any atom is -0.484 e. The van der Waals surface area contributed by atoms with Crippen LogP contribution in [0.4, 0.5) is 0 Å². The van der Waals surface area contributed by atoms with Crippen molar-refractivity contribution in [3.63, 3.8) is 0 Å². The van der Waals surface area contributed by atoms with E-state index in [4.69, 9.17) is 13.9 Å². The molecule has 1 unspecified atom stereocenters. The van der Waals surface area contributed by atoms with E-state index in [1.807, 2.05) is 49.1 Å². The van der Waals surface area contributed by atoms with Gasteiger partial charge in [-0.25, -0.2) is 0 Å². The van der Waals surface area contributed by atoms with Crippen LogP contribution in [0.25, 0.3) is 0 Å². The number of ether oxygens (including phenoxy) is 2. The summed E-state index contributed by atoms with van der Waals surface area (Å²) in [5.74, 6) is 2.20. The first-order chi connectivity index (χ1) is 13.6. The molecule has 150 valence electrons. The van der Waals surface area contributed by atoms with Crippen molar-refractivity contribution >= 4 is 5.91 Å². The van der Waals surface area contributed by atoms with Crippen LogP contribution in [0, 0.1) is 5.41 Å². The normalized spacial score (nSPS) is 21.4. The van der Waals surface area contributed by atoms with Gasteiger partial charge >= 0.3 is 0 Å². The average Bonchev–Trinajstić information content (AvgIpc) is 3.33. The van der Waals surface area contributed by atoms with E-state index in [9.17, 15) is 4.79 Å². The zero-order chi connectivity index (χ0) is 19.6. The van der Waals surface area contributed by atoms with E-state index in [1.165, 1.54) is 0 Å². The van der Waals surface area contributed by atoms with Gasteiger partial charge in [-0.1, -0.05) is 32.0 Å². The average molecular weight is 385 g/mol. The number of carbonyl (C=O) groups excluding carboxylic acids is 1. The summed E-state index contributed by atoms with van der Waals surface area (Å²) in [5, 5.41) is 8.54. The molecule has 0 aliphatic carbocycles. The lowest BCUT2D eigenvalue weighted by Crippen LogP contribution is -2.38. The van der Waals surface area contributed by atoms with Gasteiger partial charge in [-0.3, -0.25) is 4.79 Å². The number of hydrogen-bond donors (Lipinski definition) is 0. The highest BCUT2D eigenvalue weighted by Gasteiger charge is 2.51. The van der Waals surface area contributed by atoms with Gasteiger partial charge in [0.15, 0.2) is 6.61 Å². The van der Waals surface area contributed by atoms with Crippen LogP contribution >= 0.6 is 0 Å². The topological polar surface area (TPSA) is 77.7 Å². The van der Waals surface area contributed by atoms with Gasteiger partial charge in [-0.05, 0) is 25.0 Å². The molecule has 1 amide bonds. The maximum atomic E-state index is 12.8. The van der Waals surface area contributed by atoms with Crippen molar-refractivity contribution in [2.75, 3.05) is 32.9 Å². The number of aromatic nitrogens is 2. The molecule has 3 heterocycles. The molecule has 1 aromatic carbocycles. The number of hydrogen-bond acceptors (Lipinski definition) is 6. The molecule has 2 fully saturated rings. The molecule has 28 heavy (non-hydrogen) atoms. The summed E-state index contributed by atoms with van der Waals surface area (Å²) >= 11 is 0. The lowest BCUT2D eigenvalue weighted by atomic mass is 9.72. The van der Waals surface area contributed by atoms with Crippen molar-refractivity contribution in [3.8, 4) is 5.75 Å². The first-order valence-electron chi connectivity index (χ1n) is 9.94. The minimum absolute atomic E-state index is 0.0131. The molecule has 2 aliphatic heterocycles. The third-order valence-electron chi connectivity index (χ3n) is 5.84. The van der Waals surface area contributed by atoms with E-state index in [1.54, 1.807) is 0 Å². The Balaban J connectivity index is 1.50. The summed E-state index contributed by atoms with van der Waals surface area (Å²) in [7, 11) is 0. The SMILES string of the molecule is CC(C)c1nnc(C2CN(C(=O)COc3ccccc3)CC23CCOCC3)o1. The quantitative estimate of drug-likeness (QED) is 0.787. The Hall–Kier alpha value is -2.41. The predicted molar refractivity (Wildman–Crippen MR) is 102 cm³/mol. The second kappa shape index (κ2) is 7.91. The summed E-state index contributed by atoms with van der Waals surface area (Å²) in [6, 6.07) is 9.41. The number of benzene rings is 1. The summed E-state index contributed by atoms with van der Waals surface area (Å²) in [4.78, 5) is 14.7. The number of likely N-dealkylation sites (tertiary alicyclic amines) is 1. The van der Waals surface area contributed by atoms with Gasteiger partial charge in [-0.15, -0.1) is 10.2 Å². The first-order valence-corrected chi connectivity index (χ1v) is 9.94.